The van der Waals surface area contributed by atoms with E-state index in [-0.39, 0.29) is 22.9 Å². The van der Waals surface area contributed by atoms with Crippen molar-refractivity contribution >= 4 is 5.78 Å². The monoisotopic (exact) mass is 165 g/mol. The van der Waals surface area contributed by atoms with Gasteiger partial charge in [-0.1, -0.05) is 6.92 Å². The number of hydrogen-bond donors (Lipinski definition) is 1. The third kappa shape index (κ3) is 4.31. The fourth-order valence-electron chi connectivity index (χ4n) is 0.287. The number of carbonyl (C=O) groups excluding carboxylic acids is 1. The molecule has 53 valence electrons. The summed E-state index contributed by atoms with van der Waals surface area (Å²) in [5, 5.41) is 8.59. The van der Waals surface area contributed by atoms with Crippen LogP contribution in [0.5, 0.6) is 0 Å². The number of Topliss-reactive ketones (excluding diaryl/α,β-unsaturated/α-hetero) is 1. The third-order valence-corrected chi connectivity index (χ3v) is 0.856. The van der Waals surface area contributed by atoms with Gasteiger partial charge in [-0.15, -0.1) is 0 Å². The summed E-state index contributed by atoms with van der Waals surface area (Å²) in [5.74, 6) is -0.150. The quantitative estimate of drug-likeness (QED) is 0.600. The summed E-state index contributed by atoms with van der Waals surface area (Å²) in [4.78, 5) is 10.1. The Kier molecular flexibility index (Phi) is 7.28. The van der Waals surface area contributed by atoms with Crippen LogP contribution >= 0.6 is 0 Å². The first-order chi connectivity index (χ1) is 3.18. The molecule has 0 heterocycles. The van der Waals surface area contributed by atoms with Crippen molar-refractivity contribution in [2.24, 2.45) is 0 Å². The molecule has 0 aliphatic rings. The molecule has 0 saturated carbocycles. The molecule has 0 aliphatic carbocycles. The maximum Gasteiger partial charge on any atom is 0.158 e. The standard InChI is InChI=1S/C5H10O2.Cu/c1-3-5(7)4(2)6;/h5,7H,3H2,1-2H3;. The summed E-state index contributed by atoms with van der Waals surface area (Å²) < 4.78 is 0. The molecule has 0 aromatic carbocycles. The Bertz CT molecular complexity index is 72.8. The van der Waals surface area contributed by atoms with Crippen molar-refractivity contribution in [3.05, 3.63) is 0 Å². The van der Waals surface area contributed by atoms with Gasteiger partial charge in [-0.05, 0) is 13.3 Å². The summed E-state index contributed by atoms with van der Waals surface area (Å²) in [6.07, 6.45) is -0.213. The predicted molar refractivity (Wildman–Crippen MR) is 27.0 cm³/mol. The molecule has 1 unspecified atom stereocenters. The average Bonchev–Trinajstić information content (AvgIpc) is 1.65. The Morgan fingerprint density at radius 3 is 2.12 bits per heavy atom. The Labute approximate surface area is 59.8 Å². The molecule has 0 saturated heterocycles. The molecule has 1 atom stereocenters. The van der Waals surface area contributed by atoms with Gasteiger partial charge in [0.2, 0.25) is 0 Å². The molecule has 2 nitrogen and oxygen atoms in total. The van der Waals surface area contributed by atoms with Crippen LogP contribution in [-0.4, -0.2) is 17.0 Å². The molecular formula is C5H10CuO2. The molecular weight excluding hydrogens is 156 g/mol. The first kappa shape index (κ1) is 11.0. The normalized spacial score (nSPS) is 11.9. The summed E-state index contributed by atoms with van der Waals surface area (Å²) in [7, 11) is 0. The van der Waals surface area contributed by atoms with Gasteiger partial charge in [0.15, 0.2) is 5.78 Å². The van der Waals surface area contributed by atoms with E-state index < -0.39 is 6.10 Å². The maximum atomic E-state index is 10.1. The van der Waals surface area contributed by atoms with Crippen molar-refractivity contribution in [1.82, 2.24) is 0 Å². The second kappa shape index (κ2) is 5.29. The number of aliphatic hydroxyl groups is 1. The van der Waals surface area contributed by atoms with Gasteiger partial charge >= 0.3 is 0 Å². The molecule has 0 bridgehead atoms. The van der Waals surface area contributed by atoms with Crippen LogP contribution in [-0.2, 0) is 21.9 Å². The van der Waals surface area contributed by atoms with Gasteiger partial charge in [-0.25, -0.2) is 0 Å². The zero-order valence-electron chi connectivity index (χ0n) is 4.94. The summed E-state index contributed by atoms with van der Waals surface area (Å²) in [5.41, 5.74) is 0. The van der Waals surface area contributed by atoms with Crippen molar-refractivity contribution < 1.29 is 27.0 Å². The van der Waals surface area contributed by atoms with Gasteiger partial charge in [0.05, 0.1) is 0 Å². The molecule has 3 heteroatoms. The molecule has 0 aromatic heterocycles. The fraction of sp³-hybridized carbons (Fsp3) is 0.800. The molecule has 0 aliphatic heterocycles. The Morgan fingerprint density at radius 2 is 2.12 bits per heavy atom. The second-order valence-corrected chi connectivity index (χ2v) is 1.53. The first-order valence-corrected chi connectivity index (χ1v) is 2.37. The van der Waals surface area contributed by atoms with Gasteiger partial charge in [0.25, 0.3) is 0 Å². The Balaban J connectivity index is 0. The van der Waals surface area contributed by atoms with E-state index in [0.717, 1.165) is 0 Å². The van der Waals surface area contributed by atoms with Crippen molar-refractivity contribution in [2.45, 2.75) is 26.4 Å². The van der Waals surface area contributed by atoms with E-state index in [1.807, 2.05) is 0 Å². The van der Waals surface area contributed by atoms with Gasteiger partial charge < -0.3 is 5.11 Å². The Hall–Kier alpha value is 0.149. The van der Waals surface area contributed by atoms with E-state index >= 15 is 0 Å². The van der Waals surface area contributed by atoms with Crippen LogP contribution in [0.1, 0.15) is 20.3 Å². The van der Waals surface area contributed by atoms with Crippen LogP contribution in [0.25, 0.3) is 0 Å². The van der Waals surface area contributed by atoms with Crippen molar-refractivity contribution in [1.29, 1.82) is 0 Å². The number of ketones is 1. The number of rotatable bonds is 2. The van der Waals surface area contributed by atoms with Gasteiger partial charge in [0, 0.05) is 17.1 Å². The zero-order valence-corrected chi connectivity index (χ0v) is 5.88. The van der Waals surface area contributed by atoms with Crippen LogP contribution in [0, 0.1) is 0 Å². The van der Waals surface area contributed by atoms with Crippen LogP contribution in [0.15, 0.2) is 0 Å². The number of carbonyl (C=O) groups is 1. The molecule has 0 fully saturated rings. The molecule has 8 heavy (non-hydrogen) atoms. The van der Waals surface area contributed by atoms with Crippen molar-refractivity contribution in [3.63, 3.8) is 0 Å². The summed E-state index contributed by atoms with van der Waals surface area (Å²) in [6.45, 7) is 3.15. The average molecular weight is 166 g/mol. The van der Waals surface area contributed by atoms with E-state index in [9.17, 15) is 4.79 Å². The van der Waals surface area contributed by atoms with E-state index in [4.69, 9.17) is 5.11 Å². The van der Waals surface area contributed by atoms with Gasteiger partial charge in [-0.3, -0.25) is 4.79 Å². The van der Waals surface area contributed by atoms with E-state index in [1.54, 1.807) is 6.92 Å². The molecule has 1 radical (unpaired) electrons. The van der Waals surface area contributed by atoms with Crippen LogP contribution in [0.3, 0.4) is 0 Å². The summed E-state index contributed by atoms with van der Waals surface area (Å²) >= 11 is 0. The zero-order chi connectivity index (χ0) is 5.86. The molecule has 0 amide bonds. The summed E-state index contributed by atoms with van der Waals surface area (Å²) in [6, 6.07) is 0. The second-order valence-electron chi connectivity index (χ2n) is 1.53. The topological polar surface area (TPSA) is 37.3 Å². The van der Waals surface area contributed by atoms with Crippen molar-refractivity contribution in [2.75, 3.05) is 0 Å². The minimum absolute atomic E-state index is 0. The van der Waals surface area contributed by atoms with Gasteiger partial charge in [-0.2, -0.15) is 0 Å². The largest absolute Gasteiger partial charge is 0.385 e. The predicted octanol–water partition coefficient (Wildman–Crippen LogP) is 0.344. The fourth-order valence-corrected chi connectivity index (χ4v) is 0.287. The SMILES string of the molecule is CCC(O)C(C)=O.[Cu]. The number of aliphatic hydroxyl groups excluding tert-OH is 1. The van der Waals surface area contributed by atoms with Crippen LogP contribution in [0.2, 0.25) is 0 Å². The van der Waals surface area contributed by atoms with Gasteiger partial charge in [0.1, 0.15) is 6.10 Å². The third-order valence-electron chi connectivity index (χ3n) is 0.856. The van der Waals surface area contributed by atoms with Crippen LogP contribution < -0.4 is 0 Å². The van der Waals surface area contributed by atoms with E-state index in [0.29, 0.717) is 6.42 Å². The minimum Gasteiger partial charge on any atom is -0.385 e. The molecule has 0 spiro atoms. The Morgan fingerprint density at radius 1 is 1.75 bits per heavy atom. The molecule has 0 rings (SSSR count). The van der Waals surface area contributed by atoms with E-state index in [1.165, 1.54) is 6.92 Å². The molecule has 1 N–H and O–H groups in total. The maximum absolute atomic E-state index is 10.1. The smallest absolute Gasteiger partial charge is 0.158 e. The minimum atomic E-state index is -0.736. The molecule has 0 aromatic rings. The van der Waals surface area contributed by atoms with Crippen LogP contribution in [0.4, 0.5) is 0 Å². The first-order valence-electron chi connectivity index (χ1n) is 2.37. The van der Waals surface area contributed by atoms with Crippen molar-refractivity contribution in [3.8, 4) is 0 Å². The van der Waals surface area contributed by atoms with E-state index in [2.05, 4.69) is 0 Å². The number of hydrogen-bond acceptors (Lipinski definition) is 2.